The number of rotatable bonds is 8. The standard InChI is InChI=1S/C28H28FN3O2/c1-31(28(33)25-8-12-26(29)13-9-25)32-17-16-22(20-32)3-2-18-34-27-14-10-24(11-15-27)23-6-4-21(19-30)5-7-23/h4-15,22H,2-3,16-18,20H2,1H3/t22-/m1/s1. The van der Waals surface area contributed by atoms with Crippen molar-refractivity contribution in [2.75, 3.05) is 26.7 Å². The Morgan fingerprint density at radius 1 is 1.06 bits per heavy atom. The smallest absolute Gasteiger partial charge is 0.267 e. The van der Waals surface area contributed by atoms with Crippen LogP contribution in [0, 0.1) is 23.1 Å². The highest BCUT2D eigenvalue weighted by molar-refractivity contribution is 5.93. The highest BCUT2D eigenvalue weighted by Gasteiger charge is 2.27. The van der Waals surface area contributed by atoms with Crippen LogP contribution in [0.1, 0.15) is 35.2 Å². The average molecular weight is 458 g/mol. The van der Waals surface area contributed by atoms with E-state index in [9.17, 15) is 9.18 Å². The molecule has 6 heteroatoms. The Kier molecular flexibility index (Phi) is 7.56. The molecular formula is C28H28FN3O2. The van der Waals surface area contributed by atoms with Crippen LogP contribution in [0.3, 0.4) is 0 Å². The normalized spacial score (nSPS) is 15.6. The van der Waals surface area contributed by atoms with Crippen LogP contribution in [0.25, 0.3) is 11.1 Å². The van der Waals surface area contributed by atoms with Crippen LogP contribution >= 0.6 is 0 Å². The van der Waals surface area contributed by atoms with Gasteiger partial charge in [0.2, 0.25) is 0 Å². The summed E-state index contributed by atoms with van der Waals surface area (Å²) in [6, 6.07) is 23.3. The van der Waals surface area contributed by atoms with Crippen molar-refractivity contribution in [3.8, 4) is 22.9 Å². The van der Waals surface area contributed by atoms with Gasteiger partial charge in [0, 0.05) is 25.7 Å². The molecule has 1 heterocycles. The van der Waals surface area contributed by atoms with Crippen LogP contribution in [-0.2, 0) is 0 Å². The Bertz CT molecular complexity index is 1140. The second kappa shape index (κ2) is 11.0. The summed E-state index contributed by atoms with van der Waals surface area (Å²) in [7, 11) is 1.78. The fourth-order valence-electron chi connectivity index (χ4n) is 4.27. The second-order valence-corrected chi connectivity index (χ2v) is 8.61. The van der Waals surface area contributed by atoms with Crippen LogP contribution in [0.5, 0.6) is 5.75 Å². The summed E-state index contributed by atoms with van der Waals surface area (Å²) in [5.74, 6) is 0.902. The van der Waals surface area contributed by atoms with E-state index >= 15 is 0 Å². The van der Waals surface area contributed by atoms with E-state index in [1.54, 1.807) is 12.1 Å². The van der Waals surface area contributed by atoms with Gasteiger partial charge >= 0.3 is 0 Å². The molecule has 1 saturated heterocycles. The predicted octanol–water partition coefficient (Wildman–Crippen LogP) is 5.53. The average Bonchev–Trinajstić information content (AvgIpc) is 3.35. The summed E-state index contributed by atoms with van der Waals surface area (Å²) in [6.45, 7) is 2.32. The lowest BCUT2D eigenvalue weighted by Gasteiger charge is -2.28. The number of carbonyl (C=O) groups excluding carboxylic acids is 1. The van der Waals surface area contributed by atoms with Gasteiger partial charge in [0.1, 0.15) is 11.6 Å². The van der Waals surface area contributed by atoms with E-state index in [0.717, 1.165) is 49.2 Å². The Morgan fingerprint density at radius 3 is 2.35 bits per heavy atom. The first-order chi connectivity index (χ1) is 16.5. The third-order valence-electron chi connectivity index (χ3n) is 6.30. The van der Waals surface area contributed by atoms with Gasteiger partial charge in [-0.2, -0.15) is 5.26 Å². The van der Waals surface area contributed by atoms with Crippen LogP contribution < -0.4 is 4.74 Å². The van der Waals surface area contributed by atoms with Gasteiger partial charge in [-0.15, -0.1) is 0 Å². The van der Waals surface area contributed by atoms with Gasteiger partial charge in [-0.25, -0.2) is 9.40 Å². The monoisotopic (exact) mass is 457 g/mol. The lowest BCUT2D eigenvalue weighted by Crippen LogP contribution is -2.42. The van der Waals surface area contributed by atoms with E-state index < -0.39 is 0 Å². The molecule has 34 heavy (non-hydrogen) atoms. The number of halogens is 1. The number of hydrogen-bond acceptors (Lipinski definition) is 4. The molecule has 3 aromatic carbocycles. The summed E-state index contributed by atoms with van der Waals surface area (Å²) in [5.41, 5.74) is 3.30. The zero-order valence-corrected chi connectivity index (χ0v) is 19.3. The number of nitrogens with zero attached hydrogens (tertiary/aromatic N) is 3. The third kappa shape index (κ3) is 5.81. The van der Waals surface area contributed by atoms with Gasteiger partial charge in [-0.1, -0.05) is 24.3 Å². The number of amides is 1. The van der Waals surface area contributed by atoms with E-state index in [1.807, 2.05) is 48.5 Å². The predicted molar refractivity (Wildman–Crippen MR) is 129 cm³/mol. The first-order valence-corrected chi connectivity index (χ1v) is 11.6. The lowest BCUT2D eigenvalue weighted by atomic mass is 10.0. The molecule has 0 spiro atoms. The van der Waals surface area contributed by atoms with E-state index in [-0.39, 0.29) is 11.7 Å². The molecule has 0 aliphatic carbocycles. The van der Waals surface area contributed by atoms with Gasteiger partial charge in [-0.3, -0.25) is 9.80 Å². The minimum Gasteiger partial charge on any atom is -0.494 e. The molecule has 1 aliphatic rings. The number of hydrazine groups is 1. The molecule has 1 atom stereocenters. The van der Waals surface area contributed by atoms with E-state index in [0.29, 0.717) is 23.7 Å². The van der Waals surface area contributed by atoms with Crippen LogP contribution in [0.4, 0.5) is 4.39 Å². The minimum atomic E-state index is -0.343. The molecule has 0 bridgehead atoms. The maximum absolute atomic E-state index is 13.1. The molecule has 5 nitrogen and oxygen atoms in total. The zero-order chi connectivity index (χ0) is 23.9. The summed E-state index contributed by atoms with van der Waals surface area (Å²) < 4.78 is 19.0. The fraction of sp³-hybridized carbons (Fsp3) is 0.286. The number of ether oxygens (including phenoxy) is 1. The van der Waals surface area contributed by atoms with Crippen molar-refractivity contribution in [3.63, 3.8) is 0 Å². The van der Waals surface area contributed by atoms with E-state index in [1.165, 1.54) is 24.3 Å². The van der Waals surface area contributed by atoms with Crippen LogP contribution in [0.15, 0.2) is 72.8 Å². The van der Waals surface area contributed by atoms with Crippen molar-refractivity contribution in [2.24, 2.45) is 5.92 Å². The Balaban J connectivity index is 1.19. The molecule has 0 unspecified atom stereocenters. The van der Waals surface area contributed by atoms with E-state index in [2.05, 4.69) is 11.1 Å². The van der Waals surface area contributed by atoms with Crippen molar-refractivity contribution >= 4 is 5.91 Å². The number of carbonyl (C=O) groups is 1. The third-order valence-corrected chi connectivity index (χ3v) is 6.30. The van der Waals surface area contributed by atoms with Crippen molar-refractivity contribution in [1.29, 1.82) is 5.26 Å². The van der Waals surface area contributed by atoms with E-state index in [4.69, 9.17) is 10.00 Å². The first-order valence-electron chi connectivity index (χ1n) is 11.6. The largest absolute Gasteiger partial charge is 0.494 e. The van der Waals surface area contributed by atoms with Gasteiger partial charge in [0.25, 0.3) is 5.91 Å². The molecule has 1 amide bonds. The van der Waals surface area contributed by atoms with Crippen LogP contribution in [-0.4, -0.2) is 42.7 Å². The molecule has 0 aromatic heterocycles. The van der Waals surface area contributed by atoms with Gasteiger partial charge in [0.15, 0.2) is 0 Å². The van der Waals surface area contributed by atoms with Gasteiger partial charge in [-0.05, 0) is 84.8 Å². The summed E-state index contributed by atoms with van der Waals surface area (Å²) in [5, 5.41) is 12.6. The fourth-order valence-corrected chi connectivity index (χ4v) is 4.27. The summed E-state index contributed by atoms with van der Waals surface area (Å²) in [6.07, 6.45) is 3.03. The second-order valence-electron chi connectivity index (χ2n) is 8.61. The molecule has 0 N–H and O–H groups in total. The molecule has 1 fully saturated rings. The van der Waals surface area contributed by atoms with Crippen molar-refractivity contribution in [3.05, 3.63) is 89.7 Å². The Morgan fingerprint density at radius 2 is 1.71 bits per heavy atom. The Labute approximate surface area is 200 Å². The van der Waals surface area contributed by atoms with Crippen molar-refractivity contribution in [2.45, 2.75) is 19.3 Å². The molecule has 174 valence electrons. The molecule has 4 rings (SSSR count). The number of benzene rings is 3. The lowest BCUT2D eigenvalue weighted by molar-refractivity contribution is 0.0175. The van der Waals surface area contributed by atoms with Gasteiger partial charge < -0.3 is 4.74 Å². The van der Waals surface area contributed by atoms with Crippen molar-refractivity contribution in [1.82, 2.24) is 10.0 Å². The number of nitriles is 1. The minimum absolute atomic E-state index is 0.117. The van der Waals surface area contributed by atoms with Gasteiger partial charge in [0.05, 0.1) is 18.2 Å². The summed E-state index contributed by atoms with van der Waals surface area (Å²) >= 11 is 0. The first kappa shape index (κ1) is 23.5. The number of hydrogen-bond donors (Lipinski definition) is 0. The maximum Gasteiger partial charge on any atom is 0.267 e. The highest BCUT2D eigenvalue weighted by atomic mass is 19.1. The maximum atomic E-state index is 13.1. The molecule has 1 aliphatic heterocycles. The molecular weight excluding hydrogens is 429 g/mol. The SMILES string of the molecule is CN(C(=O)c1ccc(F)cc1)N1CC[C@@H](CCCOc2ccc(-c3ccc(C#N)cc3)cc2)C1. The highest BCUT2D eigenvalue weighted by Crippen LogP contribution is 2.25. The summed E-state index contributed by atoms with van der Waals surface area (Å²) in [4.78, 5) is 12.6. The molecule has 0 saturated carbocycles. The Hall–Kier alpha value is -3.69. The topological polar surface area (TPSA) is 56.6 Å². The van der Waals surface area contributed by atoms with Crippen LogP contribution in [0.2, 0.25) is 0 Å². The van der Waals surface area contributed by atoms with Crippen molar-refractivity contribution < 1.29 is 13.9 Å². The molecule has 3 aromatic rings. The quantitative estimate of drug-likeness (QED) is 0.417. The zero-order valence-electron chi connectivity index (χ0n) is 19.3. The molecule has 0 radical (unpaired) electrons.